The monoisotopic (exact) mass is 186 g/mol. The lowest BCUT2D eigenvalue weighted by Gasteiger charge is -2.13. The maximum Gasteiger partial charge on any atom is 0.116 e. The van der Waals surface area contributed by atoms with Crippen LogP contribution in [0.3, 0.4) is 0 Å². The molecule has 0 amide bonds. The third-order valence-corrected chi connectivity index (χ3v) is 3.40. The number of allylic oxidation sites excluding steroid dienone is 2. The predicted octanol–water partition coefficient (Wildman–Crippen LogP) is 3.28. The average molecular weight is 186 g/mol. The van der Waals surface area contributed by atoms with Gasteiger partial charge in [0, 0.05) is 0 Å². The summed E-state index contributed by atoms with van der Waals surface area (Å²) in [5.74, 6) is 0.406. The average Bonchev–Trinajstić information content (AvgIpc) is 2.56. The van der Waals surface area contributed by atoms with Crippen molar-refractivity contribution in [2.45, 2.75) is 32.1 Å². The zero-order valence-corrected chi connectivity index (χ0v) is 8.21. The first-order chi connectivity index (χ1) is 6.84. The van der Waals surface area contributed by atoms with Gasteiger partial charge in [-0.1, -0.05) is 11.6 Å². The van der Waals surface area contributed by atoms with Crippen molar-refractivity contribution in [3.05, 3.63) is 34.9 Å². The maximum absolute atomic E-state index is 9.46. The quantitative estimate of drug-likeness (QED) is 0.659. The molecule has 1 aromatic carbocycles. The Labute approximate surface area is 84.1 Å². The van der Waals surface area contributed by atoms with Crippen molar-refractivity contribution in [2.75, 3.05) is 0 Å². The summed E-state index contributed by atoms with van der Waals surface area (Å²) >= 11 is 0. The molecule has 0 heterocycles. The molecule has 0 spiro atoms. The van der Waals surface area contributed by atoms with Crippen molar-refractivity contribution in [1.29, 1.82) is 0 Å². The van der Waals surface area contributed by atoms with Crippen molar-refractivity contribution in [3.8, 4) is 5.75 Å². The van der Waals surface area contributed by atoms with E-state index in [1.165, 1.54) is 42.4 Å². The second-order valence-corrected chi connectivity index (χ2v) is 4.31. The lowest BCUT2D eigenvalue weighted by atomic mass is 9.92. The molecule has 2 aliphatic carbocycles. The molecule has 1 aromatic rings. The molecule has 1 N–H and O–H groups in total. The van der Waals surface area contributed by atoms with Crippen molar-refractivity contribution in [3.63, 3.8) is 0 Å². The van der Waals surface area contributed by atoms with Crippen molar-refractivity contribution in [1.82, 2.24) is 0 Å². The van der Waals surface area contributed by atoms with Crippen molar-refractivity contribution < 1.29 is 5.11 Å². The van der Waals surface area contributed by atoms with E-state index >= 15 is 0 Å². The first-order valence-corrected chi connectivity index (χ1v) is 5.38. The van der Waals surface area contributed by atoms with Gasteiger partial charge in [0.2, 0.25) is 0 Å². The zero-order valence-electron chi connectivity index (χ0n) is 8.21. The molecule has 0 unspecified atom stereocenters. The van der Waals surface area contributed by atoms with E-state index in [4.69, 9.17) is 0 Å². The minimum atomic E-state index is 0.406. The summed E-state index contributed by atoms with van der Waals surface area (Å²) in [4.78, 5) is 0. The Balaban J connectivity index is 2.12. The minimum Gasteiger partial charge on any atom is -0.508 e. The van der Waals surface area contributed by atoms with E-state index in [9.17, 15) is 5.11 Å². The number of fused-ring (bicyclic) bond motifs is 2. The fourth-order valence-corrected chi connectivity index (χ4v) is 2.72. The normalized spacial score (nSPS) is 19.4. The van der Waals surface area contributed by atoms with Gasteiger partial charge in [-0.05, 0) is 60.9 Å². The van der Waals surface area contributed by atoms with Crippen molar-refractivity contribution in [2.24, 2.45) is 0 Å². The highest BCUT2D eigenvalue weighted by molar-refractivity contribution is 5.77. The van der Waals surface area contributed by atoms with E-state index in [1.807, 2.05) is 6.07 Å². The molecule has 0 fully saturated rings. The van der Waals surface area contributed by atoms with E-state index < -0.39 is 0 Å². The number of hydrogen-bond donors (Lipinski definition) is 1. The Morgan fingerprint density at radius 1 is 1.07 bits per heavy atom. The van der Waals surface area contributed by atoms with Gasteiger partial charge in [0.15, 0.2) is 0 Å². The SMILES string of the molecule is Oc1ccc2c(c1)C1=C(CCCC1)C2. The van der Waals surface area contributed by atoms with Crippen LogP contribution in [0.25, 0.3) is 5.57 Å². The Morgan fingerprint density at radius 3 is 2.86 bits per heavy atom. The summed E-state index contributed by atoms with van der Waals surface area (Å²) in [5, 5.41) is 9.46. The molecule has 0 bridgehead atoms. The van der Waals surface area contributed by atoms with Gasteiger partial charge in [0.25, 0.3) is 0 Å². The van der Waals surface area contributed by atoms with Gasteiger partial charge in [-0.2, -0.15) is 0 Å². The highest BCUT2D eigenvalue weighted by Gasteiger charge is 2.23. The Kier molecular flexibility index (Phi) is 1.66. The standard InChI is InChI=1S/C13H14O/c14-11-6-5-10-7-9-3-1-2-4-12(9)13(10)8-11/h5-6,8,14H,1-4,7H2. The molecule has 0 saturated carbocycles. The van der Waals surface area contributed by atoms with Crippen LogP contribution < -0.4 is 0 Å². The van der Waals surface area contributed by atoms with Gasteiger partial charge in [-0.15, -0.1) is 0 Å². The molecule has 1 heteroatoms. The molecular weight excluding hydrogens is 172 g/mol. The molecule has 0 radical (unpaired) electrons. The van der Waals surface area contributed by atoms with Crippen LogP contribution in [-0.2, 0) is 6.42 Å². The van der Waals surface area contributed by atoms with E-state index in [0.717, 1.165) is 6.42 Å². The molecule has 72 valence electrons. The van der Waals surface area contributed by atoms with E-state index in [-0.39, 0.29) is 0 Å². The van der Waals surface area contributed by atoms with Gasteiger partial charge >= 0.3 is 0 Å². The third kappa shape index (κ3) is 1.08. The van der Waals surface area contributed by atoms with Crippen LogP contribution in [-0.4, -0.2) is 5.11 Å². The first kappa shape index (κ1) is 8.10. The lowest BCUT2D eigenvalue weighted by molar-refractivity contribution is 0.475. The molecule has 0 aliphatic heterocycles. The summed E-state index contributed by atoms with van der Waals surface area (Å²) in [5.41, 5.74) is 5.88. The van der Waals surface area contributed by atoms with Crippen LogP contribution in [0, 0.1) is 0 Å². The van der Waals surface area contributed by atoms with Crippen LogP contribution in [0.1, 0.15) is 36.8 Å². The smallest absolute Gasteiger partial charge is 0.116 e. The molecule has 0 atom stereocenters. The first-order valence-electron chi connectivity index (χ1n) is 5.38. The van der Waals surface area contributed by atoms with E-state index in [2.05, 4.69) is 6.07 Å². The summed E-state index contributed by atoms with van der Waals surface area (Å²) in [6, 6.07) is 5.81. The van der Waals surface area contributed by atoms with Gasteiger partial charge in [-0.25, -0.2) is 0 Å². The molecule has 0 aromatic heterocycles. The Morgan fingerprint density at radius 2 is 1.93 bits per heavy atom. The Bertz CT molecular complexity index is 415. The largest absolute Gasteiger partial charge is 0.508 e. The summed E-state index contributed by atoms with van der Waals surface area (Å²) in [7, 11) is 0. The molecule has 2 aliphatic rings. The van der Waals surface area contributed by atoms with Gasteiger partial charge in [-0.3, -0.25) is 0 Å². The molecule has 14 heavy (non-hydrogen) atoms. The second kappa shape index (κ2) is 2.88. The summed E-state index contributed by atoms with van der Waals surface area (Å²) in [6.45, 7) is 0. The molecule has 1 nitrogen and oxygen atoms in total. The molecule has 0 saturated heterocycles. The highest BCUT2D eigenvalue weighted by Crippen LogP contribution is 2.42. The van der Waals surface area contributed by atoms with Crippen LogP contribution in [0.5, 0.6) is 5.75 Å². The zero-order chi connectivity index (χ0) is 9.54. The van der Waals surface area contributed by atoms with Gasteiger partial charge < -0.3 is 5.11 Å². The minimum absolute atomic E-state index is 0.406. The highest BCUT2D eigenvalue weighted by atomic mass is 16.3. The number of aromatic hydroxyl groups is 1. The van der Waals surface area contributed by atoms with Gasteiger partial charge in [0.05, 0.1) is 0 Å². The third-order valence-electron chi connectivity index (χ3n) is 3.40. The molecular formula is C13H14O. The summed E-state index contributed by atoms with van der Waals surface area (Å²) < 4.78 is 0. The lowest BCUT2D eigenvalue weighted by Crippen LogP contribution is -1.93. The fraction of sp³-hybridized carbons (Fsp3) is 0.385. The second-order valence-electron chi connectivity index (χ2n) is 4.31. The number of phenols is 1. The van der Waals surface area contributed by atoms with Crippen LogP contribution in [0.4, 0.5) is 0 Å². The number of hydrogen-bond acceptors (Lipinski definition) is 1. The molecule has 3 rings (SSSR count). The number of benzene rings is 1. The number of rotatable bonds is 0. The topological polar surface area (TPSA) is 20.2 Å². The maximum atomic E-state index is 9.46. The number of phenolic OH excluding ortho intramolecular Hbond substituents is 1. The van der Waals surface area contributed by atoms with Crippen molar-refractivity contribution >= 4 is 5.57 Å². The summed E-state index contributed by atoms with van der Waals surface area (Å²) in [6.07, 6.45) is 6.27. The van der Waals surface area contributed by atoms with Crippen LogP contribution >= 0.6 is 0 Å². The predicted molar refractivity (Wildman–Crippen MR) is 57.2 cm³/mol. The Hall–Kier alpha value is -1.24. The van der Waals surface area contributed by atoms with E-state index in [0.29, 0.717) is 5.75 Å². The van der Waals surface area contributed by atoms with Crippen LogP contribution in [0.15, 0.2) is 23.8 Å². The van der Waals surface area contributed by atoms with Crippen LogP contribution in [0.2, 0.25) is 0 Å². The van der Waals surface area contributed by atoms with Gasteiger partial charge in [0.1, 0.15) is 5.75 Å². The van der Waals surface area contributed by atoms with E-state index in [1.54, 1.807) is 11.6 Å². The fourth-order valence-electron chi connectivity index (χ4n) is 2.72.